The van der Waals surface area contributed by atoms with Crippen LogP contribution in [0.4, 0.5) is 5.13 Å². The number of benzene rings is 1. The maximum absolute atomic E-state index is 12.5. The van der Waals surface area contributed by atoms with Crippen LogP contribution in [0.15, 0.2) is 29.2 Å². The number of anilines is 1. The molecule has 1 atom stereocenters. The molecule has 1 aromatic heterocycles. The molecule has 2 heterocycles. The first-order valence-corrected chi connectivity index (χ1v) is 12.3. The van der Waals surface area contributed by atoms with Gasteiger partial charge in [-0.1, -0.05) is 24.3 Å². The number of aryl methyl sites for hydroxylation is 1. The highest BCUT2D eigenvalue weighted by atomic mass is 32.2. The summed E-state index contributed by atoms with van der Waals surface area (Å²) in [5, 5.41) is 11.5. The molecule has 0 spiro atoms. The first-order chi connectivity index (χ1) is 12.7. The Morgan fingerprint density at radius 1 is 1.33 bits per heavy atom. The zero-order valence-corrected chi connectivity index (χ0v) is 16.8. The van der Waals surface area contributed by atoms with Crippen molar-refractivity contribution in [3.8, 4) is 0 Å². The first kappa shape index (κ1) is 19.9. The molecule has 1 fully saturated rings. The Labute approximate surface area is 161 Å². The van der Waals surface area contributed by atoms with E-state index >= 15 is 0 Å². The van der Waals surface area contributed by atoms with E-state index in [1.807, 2.05) is 6.92 Å². The highest BCUT2D eigenvalue weighted by Crippen LogP contribution is 2.19. The van der Waals surface area contributed by atoms with Gasteiger partial charge in [0.15, 0.2) is 9.84 Å². The SMILES string of the molecule is CCc1nnc(NC(=O)c2cccc(S(=O)(=O)N[C@@H]3CCS(=O)(=O)C3)c2)s1. The number of nitrogens with one attached hydrogen (secondary N) is 2. The summed E-state index contributed by atoms with van der Waals surface area (Å²) in [6, 6.07) is 4.86. The fraction of sp³-hybridized carbons (Fsp3) is 0.400. The Morgan fingerprint density at radius 2 is 2.11 bits per heavy atom. The fourth-order valence-corrected chi connectivity index (χ4v) is 6.37. The van der Waals surface area contributed by atoms with Crippen LogP contribution in [-0.2, 0) is 26.3 Å². The van der Waals surface area contributed by atoms with Crippen LogP contribution in [0.1, 0.15) is 28.7 Å². The van der Waals surface area contributed by atoms with Crippen LogP contribution in [0.5, 0.6) is 0 Å². The van der Waals surface area contributed by atoms with Crippen molar-refractivity contribution in [2.45, 2.75) is 30.7 Å². The Kier molecular flexibility index (Phi) is 5.60. The molecule has 1 aromatic carbocycles. The number of carbonyl (C=O) groups is 1. The number of aromatic nitrogens is 2. The lowest BCUT2D eigenvalue weighted by atomic mass is 10.2. The van der Waals surface area contributed by atoms with Gasteiger partial charge in [-0.25, -0.2) is 21.6 Å². The summed E-state index contributed by atoms with van der Waals surface area (Å²) in [6.45, 7) is 1.92. The third-order valence-corrected chi connectivity index (χ3v) is 8.22. The molecule has 27 heavy (non-hydrogen) atoms. The van der Waals surface area contributed by atoms with Crippen LogP contribution in [0.3, 0.4) is 0 Å². The molecule has 9 nitrogen and oxygen atoms in total. The lowest BCUT2D eigenvalue weighted by Gasteiger charge is -2.12. The quantitative estimate of drug-likeness (QED) is 0.692. The molecular formula is C15H18N4O5S3. The topological polar surface area (TPSA) is 135 Å². The summed E-state index contributed by atoms with van der Waals surface area (Å²) in [7, 11) is -7.15. The van der Waals surface area contributed by atoms with Gasteiger partial charge in [-0.3, -0.25) is 10.1 Å². The van der Waals surface area contributed by atoms with Crippen LogP contribution in [-0.4, -0.2) is 50.5 Å². The predicted octanol–water partition coefficient (Wildman–Crippen LogP) is 0.818. The van der Waals surface area contributed by atoms with E-state index in [0.29, 0.717) is 11.6 Å². The molecular weight excluding hydrogens is 412 g/mol. The minimum Gasteiger partial charge on any atom is -0.296 e. The van der Waals surface area contributed by atoms with Gasteiger partial charge in [0.1, 0.15) is 5.01 Å². The molecule has 0 radical (unpaired) electrons. The number of sulfone groups is 1. The molecule has 146 valence electrons. The summed E-state index contributed by atoms with van der Waals surface area (Å²) < 4.78 is 50.4. The summed E-state index contributed by atoms with van der Waals surface area (Å²) in [5.41, 5.74) is 0.144. The minimum atomic E-state index is -3.94. The summed E-state index contributed by atoms with van der Waals surface area (Å²) >= 11 is 1.25. The van der Waals surface area contributed by atoms with Crippen molar-refractivity contribution in [1.82, 2.24) is 14.9 Å². The Hall–Kier alpha value is -1.89. The van der Waals surface area contributed by atoms with Crippen molar-refractivity contribution in [2.75, 3.05) is 16.8 Å². The lowest BCUT2D eigenvalue weighted by Crippen LogP contribution is -2.35. The van der Waals surface area contributed by atoms with E-state index in [0.717, 1.165) is 5.01 Å². The van der Waals surface area contributed by atoms with E-state index in [1.54, 1.807) is 0 Å². The Morgan fingerprint density at radius 3 is 2.74 bits per heavy atom. The highest BCUT2D eigenvalue weighted by molar-refractivity contribution is 7.92. The van der Waals surface area contributed by atoms with Crippen LogP contribution < -0.4 is 10.0 Å². The number of hydrogen-bond acceptors (Lipinski definition) is 8. The minimum absolute atomic E-state index is 0.0375. The number of nitrogens with zero attached hydrogens (tertiary/aromatic N) is 2. The van der Waals surface area contributed by atoms with Crippen LogP contribution in [0.25, 0.3) is 0 Å². The third-order valence-electron chi connectivity index (χ3n) is 3.95. The van der Waals surface area contributed by atoms with E-state index in [2.05, 4.69) is 20.2 Å². The summed E-state index contributed by atoms with van der Waals surface area (Å²) in [5.74, 6) is -0.762. The number of carbonyl (C=O) groups excluding carboxylic acids is 1. The normalized spacial score (nSPS) is 19.1. The number of hydrogen-bond donors (Lipinski definition) is 2. The molecule has 0 saturated carbocycles. The molecule has 3 rings (SSSR count). The van der Waals surface area contributed by atoms with Gasteiger partial charge in [0.05, 0.1) is 16.4 Å². The fourth-order valence-electron chi connectivity index (χ4n) is 2.60. The lowest BCUT2D eigenvalue weighted by molar-refractivity contribution is 0.102. The number of sulfonamides is 1. The van der Waals surface area contributed by atoms with Crippen LogP contribution in [0, 0.1) is 0 Å². The predicted molar refractivity (Wildman–Crippen MR) is 101 cm³/mol. The van der Waals surface area contributed by atoms with Gasteiger partial charge in [0, 0.05) is 11.6 Å². The van der Waals surface area contributed by atoms with Gasteiger partial charge >= 0.3 is 0 Å². The molecule has 2 aromatic rings. The molecule has 12 heteroatoms. The van der Waals surface area contributed by atoms with Crippen molar-refractivity contribution in [2.24, 2.45) is 0 Å². The molecule has 0 unspecified atom stereocenters. The van der Waals surface area contributed by atoms with Gasteiger partial charge in [-0.15, -0.1) is 10.2 Å². The molecule has 0 aliphatic carbocycles. The Bertz CT molecular complexity index is 1060. The maximum atomic E-state index is 12.5. The van der Waals surface area contributed by atoms with Gasteiger partial charge in [0.25, 0.3) is 5.91 Å². The number of amides is 1. The van der Waals surface area contributed by atoms with E-state index < -0.39 is 31.8 Å². The van der Waals surface area contributed by atoms with Crippen molar-refractivity contribution in [3.63, 3.8) is 0 Å². The average Bonchev–Trinajstić information content (AvgIpc) is 3.20. The third kappa shape index (κ3) is 4.89. The summed E-state index contributed by atoms with van der Waals surface area (Å²) in [6.07, 6.45) is 0.933. The second kappa shape index (κ2) is 7.62. The monoisotopic (exact) mass is 430 g/mol. The largest absolute Gasteiger partial charge is 0.296 e. The van der Waals surface area contributed by atoms with Gasteiger partial charge in [-0.2, -0.15) is 0 Å². The van der Waals surface area contributed by atoms with E-state index in [-0.39, 0.29) is 28.4 Å². The van der Waals surface area contributed by atoms with Gasteiger partial charge < -0.3 is 0 Å². The van der Waals surface area contributed by atoms with E-state index in [1.165, 1.54) is 35.6 Å². The van der Waals surface area contributed by atoms with Crippen LogP contribution >= 0.6 is 11.3 Å². The van der Waals surface area contributed by atoms with Crippen molar-refractivity contribution in [1.29, 1.82) is 0 Å². The van der Waals surface area contributed by atoms with Crippen molar-refractivity contribution in [3.05, 3.63) is 34.8 Å². The van der Waals surface area contributed by atoms with Crippen LogP contribution in [0.2, 0.25) is 0 Å². The standard InChI is InChI=1S/C15H18N4O5S3/c1-2-13-17-18-15(25-13)16-14(20)10-4-3-5-12(8-10)27(23,24)19-11-6-7-26(21,22)9-11/h3-5,8,11,19H,2,6-7,9H2,1H3,(H,16,18,20)/t11-/m1/s1. The molecule has 0 bridgehead atoms. The molecule has 1 aliphatic rings. The van der Waals surface area contributed by atoms with E-state index in [4.69, 9.17) is 0 Å². The maximum Gasteiger partial charge on any atom is 0.257 e. The van der Waals surface area contributed by atoms with Crippen molar-refractivity contribution < 1.29 is 21.6 Å². The number of rotatable bonds is 6. The summed E-state index contributed by atoms with van der Waals surface area (Å²) in [4.78, 5) is 12.2. The first-order valence-electron chi connectivity index (χ1n) is 8.15. The second-order valence-corrected chi connectivity index (χ2v) is 11.1. The smallest absolute Gasteiger partial charge is 0.257 e. The zero-order valence-electron chi connectivity index (χ0n) is 14.4. The zero-order chi connectivity index (χ0) is 19.7. The van der Waals surface area contributed by atoms with Crippen molar-refractivity contribution >= 4 is 42.2 Å². The molecule has 2 N–H and O–H groups in total. The highest BCUT2D eigenvalue weighted by Gasteiger charge is 2.31. The average molecular weight is 431 g/mol. The van der Waals surface area contributed by atoms with Gasteiger partial charge in [0.2, 0.25) is 15.2 Å². The van der Waals surface area contributed by atoms with Gasteiger partial charge in [-0.05, 0) is 31.0 Å². The molecule has 1 aliphatic heterocycles. The van der Waals surface area contributed by atoms with E-state index in [9.17, 15) is 21.6 Å². The molecule has 1 amide bonds. The Balaban J connectivity index is 1.75. The molecule has 1 saturated heterocycles. The second-order valence-electron chi connectivity index (χ2n) is 6.06.